The first-order valence-electron chi connectivity index (χ1n) is 8.46. The Balaban J connectivity index is 1.68. The Labute approximate surface area is 164 Å². The minimum absolute atomic E-state index is 0.0248. The second-order valence-corrected chi connectivity index (χ2v) is 6.84. The van der Waals surface area contributed by atoms with Crippen molar-refractivity contribution in [1.29, 1.82) is 0 Å². The lowest BCUT2D eigenvalue weighted by atomic mass is 10.1. The summed E-state index contributed by atoms with van der Waals surface area (Å²) in [5, 5.41) is 4.68. The van der Waals surface area contributed by atoms with Crippen molar-refractivity contribution in [3.63, 3.8) is 0 Å². The standard InChI is InChI=1S/C20H18F2N2O3S/c1-12-6-5-7-14(10-12)26-13(2)18(25)24-20-23-16(11-28-20)15-8-3-4-9-17(15)27-19(21)22/h3-11,13,19H,1-2H3,(H,23,24,25). The number of benzene rings is 2. The van der Waals surface area contributed by atoms with Crippen LogP contribution in [-0.4, -0.2) is 23.6 Å². The summed E-state index contributed by atoms with van der Waals surface area (Å²) in [4.78, 5) is 16.7. The van der Waals surface area contributed by atoms with E-state index in [1.165, 1.54) is 17.4 Å². The number of para-hydroxylation sites is 1. The number of carbonyl (C=O) groups excluding carboxylic acids is 1. The Bertz CT molecular complexity index is 962. The van der Waals surface area contributed by atoms with Crippen molar-refractivity contribution < 1.29 is 23.0 Å². The van der Waals surface area contributed by atoms with E-state index in [2.05, 4.69) is 15.0 Å². The van der Waals surface area contributed by atoms with Crippen molar-refractivity contribution in [2.75, 3.05) is 5.32 Å². The number of rotatable bonds is 7. The van der Waals surface area contributed by atoms with Crippen LogP contribution in [0.5, 0.6) is 11.5 Å². The number of carbonyl (C=O) groups is 1. The lowest BCUT2D eigenvalue weighted by Crippen LogP contribution is -2.30. The Morgan fingerprint density at radius 2 is 1.93 bits per heavy atom. The first-order valence-corrected chi connectivity index (χ1v) is 9.34. The van der Waals surface area contributed by atoms with Crippen molar-refractivity contribution in [1.82, 2.24) is 4.98 Å². The molecule has 1 unspecified atom stereocenters. The third-order valence-electron chi connectivity index (χ3n) is 3.79. The summed E-state index contributed by atoms with van der Waals surface area (Å²) in [5.41, 5.74) is 1.88. The Morgan fingerprint density at radius 1 is 1.14 bits per heavy atom. The zero-order valence-electron chi connectivity index (χ0n) is 15.2. The number of alkyl halides is 2. The molecule has 0 aliphatic carbocycles. The molecule has 5 nitrogen and oxygen atoms in total. The Kier molecular flexibility index (Phi) is 6.20. The summed E-state index contributed by atoms with van der Waals surface area (Å²) in [5.74, 6) is 0.261. The predicted molar refractivity (Wildman–Crippen MR) is 104 cm³/mol. The quantitative estimate of drug-likeness (QED) is 0.593. The molecule has 8 heteroatoms. The maximum atomic E-state index is 12.6. The number of ether oxygens (including phenoxy) is 2. The molecule has 0 saturated carbocycles. The van der Waals surface area contributed by atoms with Crippen LogP contribution in [0.4, 0.5) is 13.9 Å². The molecule has 2 aromatic carbocycles. The van der Waals surface area contributed by atoms with Gasteiger partial charge in [-0.2, -0.15) is 8.78 Å². The largest absolute Gasteiger partial charge is 0.481 e. The molecule has 1 aromatic heterocycles. The van der Waals surface area contributed by atoms with Crippen molar-refractivity contribution >= 4 is 22.4 Å². The van der Waals surface area contributed by atoms with E-state index in [4.69, 9.17) is 4.74 Å². The van der Waals surface area contributed by atoms with Gasteiger partial charge in [0.25, 0.3) is 5.91 Å². The molecule has 0 spiro atoms. The molecule has 0 bridgehead atoms. The van der Waals surface area contributed by atoms with Crippen LogP contribution in [0.15, 0.2) is 53.9 Å². The fraction of sp³-hybridized carbons (Fsp3) is 0.200. The van der Waals surface area contributed by atoms with E-state index in [1.54, 1.807) is 36.6 Å². The number of anilines is 1. The third kappa shape index (κ3) is 5.04. The van der Waals surface area contributed by atoms with Gasteiger partial charge in [0.1, 0.15) is 11.5 Å². The first-order chi connectivity index (χ1) is 13.4. The first kappa shape index (κ1) is 19.8. The average Bonchev–Trinajstić information content (AvgIpc) is 3.10. The van der Waals surface area contributed by atoms with E-state index in [1.807, 2.05) is 25.1 Å². The van der Waals surface area contributed by atoms with Crippen molar-refractivity contribution in [3.05, 3.63) is 59.5 Å². The van der Waals surface area contributed by atoms with Gasteiger partial charge in [-0.3, -0.25) is 10.1 Å². The lowest BCUT2D eigenvalue weighted by molar-refractivity contribution is -0.122. The van der Waals surface area contributed by atoms with Gasteiger partial charge in [-0.05, 0) is 43.7 Å². The van der Waals surface area contributed by atoms with E-state index < -0.39 is 12.7 Å². The molecule has 1 N–H and O–H groups in total. The molecule has 1 amide bonds. The van der Waals surface area contributed by atoms with E-state index in [0.29, 0.717) is 22.1 Å². The molecular formula is C20H18F2N2O3S. The molecule has 3 aromatic rings. The molecule has 146 valence electrons. The fourth-order valence-corrected chi connectivity index (χ4v) is 3.20. The highest BCUT2D eigenvalue weighted by Gasteiger charge is 2.18. The summed E-state index contributed by atoms with van der Waals surface area (Å²) >= 11 is 1.18. The summed E-state index contributed by atoms with van der Waals surface area (Å²) in [7, 11) is 0. The number of amides is 1. The Hall–Kier alpha value is -3.00. The highest BCUT2D eigenvalue weighted by atomic mass is 32.1. The predicted octanol–water partition coefficient (Wildman–Crippen LogP) is 5.13. The second kappa shape index (κ2) is 8.79. The zero-order chi connectivity index (χ0) is 20.1. The molecule has 1 heterocycles. The number of thiazole rings is 1. The lowest BCUT2D eigenvalue weighted by Gasteiger charge is -2.14. The molecule has 1 atom stereocenters. The van der Waals surface area contributed by atoms with Crippen LogP contribution in [-0.2, 0) is 4.79 Å². The number of nitrogens with one attached hydrogen (secondary N) is 1. The van der Waals surface area contributed by atoms with Crippen LogP contribution >= 0.6 is 11.3 Å². The minimum atomic E-state index is -2.93. The van der Waals surface area contributed by atoms with Crippen LogP contribution in [0.3, 0.4) is 0 Å². The smallest absolute Gasteiger partial charge is 0.387 e. The molecule has 3 rings (SSSR count). The van der Waals surface area contributed by atoms with Gasteiger partial charge in [-0.1, -0.05) is 24.3 Å². The highest BCUT2D eigenvalue weighted by molar-refractivity contribution is 7.14. The zero-order valence-corrected chi connectivity index (χ0v) is 16.0. The monoisotopic (exact) mass is 404 g/mol. The molecule has 0 aliphatic heterocycles. The van der Waals surface area contributed by atoms with Gasteiger partial charge >= 0.3 is 6.61 Å². The number of nitrogens with zero attached hydrogens (tertiary/aromatic N) is 1. The average molecular weight is 404 g/mol. The van der Waals surface area contributed by atoms with Gasteiger partial charge in [0.05, 0.1) is 5.69 Å². The molecular weight excluding hydrogens is 386 g/mol. The van der Waals surface area contributed by atoms with Crippen LogP contribution in [0.25, 0.3) is 11.3 Å². The number of hydrogen-bond acceptors (Lipinski definition) is 5. The summed E-state index contributed by atoms with van der Waals surface area (Å²) < 4.78 is 35.3. The van der Waals surface area contributed by atoms with E-state index in [-0.39, 0.29) is 11.7 Å². The number of hydrogen-bond donors (Lipinski definition) is 1. The number of aromatic nitrogens is 1. The second-order valence-electron chi connectivity index (χ2n) is 5.98. The van der Waals surface area contributed by atoms with Crippen molar-refractivity contribution in [2.45, 2.75) is 26.6 Å². The summed E-state index contributed by atoms with van der Waals surface area (Å²) in [6.45, 7) is 0.640. The van der Waals surface area contributed by atoms with E-state index >= 15 is 0 Å². The van der Waals surface area contributed by atoms with Gasteiger partial charge in [0.2, 0.25) is 0 Å². The maximum Gasteiger partial charge on any atom is 0.387 e. The van der Waals surface area contributed by atoms with Crippen molar-refractivity contribution in [2.24, 2.45) is 0 Å². The van der Waals surface area contributed by atoms with Crippen LogP contribution in [0.1, 0.15) is 12.5 Å². The van der Waals surface area contributed by atoms with Gasteiger partial charge in [0, 0.05) is 10.9 Å². The number of aryl methyl sites for hydroxylation is 1. The van der Waals surface area contributed by atoms with Gasteiger partial charge in [-0.25, -0.2) is 4.98 Å². The Morgan fingerprint density at radius 3 is 2.68 bits per heavy atom. The molecule has 28 heavy (non-hydrogen) atoms. The van der Waals surface area contributed by atoms with Gasteiger partial charge in [0.15, 0.2) is 11.2 Å². The maximum absolute atomic E-state index is 12.6. The van der Waals surface area contributed by atoms with Crippen LogP contribution in [0.2, 0.25) is 0 Å². The van der Waals surface area contributed by atoms with Gasteiger partial charge < -0.3 is 9.47 Å². The SMILES string of the molecule is Cc1cccc(OC(C)C(=O)Nc2nc(-c3ccccc3OC(F)F)cs2)c1. The topological polar surface area (TPSA) is 60.5 Å². The minimum Gasteiger partial charge on any atom is -0.481 e. The van der Waals surface area contributed by atoms with E-state index in [0.717, 1.165) is 5.56 Å². The molecule has 0 aliphatic rings. The fourth-order valence-electron chi connectivity index (χ4n) is 2.49. The van der Waals surface area contributed by atoms with Crippen molar-refractivity contribution in [3.8, 4) is 22.8 Å². The third-order valence-corrected chi connectivity index (χ3v) is 4.54. The summed E-state index contributed by atoms with van der Waals surface area (Å²) in [6.07, 6.45) is -0.733. The van der Waals surface area contributed by atoms with Crippen LogP contribution in [0, 0.1) is 6.92 Å². The normalized spacial score (nSPS) is 11.9. The molecule has 0 radical (unpaired) electrons. The van der Waals surface area contributed by atoms with Crippen LogP contribution < -0.4 is 14.8 Å². The summed E-state index contributed by atoms with van der Waals surface area (Å²) in [6, 6.07) is 13.8. The molecule has 0 saturated heterocycles. The number of halogens is 2. The molecule has 0 fully saturated rings. The van der Waals surface area contributed by atoms with E-state index in [9.17, 15) is 13.6 Å². The highest BCUT2D eigenvalue weighted by Crippen LogP contribution is 2.33. The van der Waals surface area contributed by atoms with Gasteiger partial charge in [-0.15, -0.1) is 11.3 Å².